The minimum Gasteiger partial charge on any atom is -0.465 e. The van der Waals surface area contributed by atoms with Gasteiger partial charge < -0.3 is 15.4 Å². The topological polar surface area (TPSA) is 84.5 Å². The van der Waals surface area contributed by atoms with Gasteiger partial charge in [0.25, 0.3) is 0 Å². The Morgan fingerprint density at radius 1 is 1.00 bits per heavy atom. The minimum atomic E-state index is -1.08. The lowest BCUT2D eigenvalue weighted by atomic mass is 10.0. The normalized spacial score (nSPS) is 14.1. The number of carbonyl (C=O) groups excluding carboxylic acids is 3. The summed E-state index contributed by atoms with van der Waals surface area (Å²) >= 11 is 0. The van der Waals surface area contributed by atoms with Gasteiger partial charge in [-0.15, -0.1) is 0 Å². The zero-order chi connectivity index (χ0) is 19.4. The average molecular weight is 366 g/mol. The SMILES string of the molecule is COC(=O)c1ccccc1NC(=O)C1(C(=O)NCc2ccccc2C)CC1. The van der Waals surface area contributed by atoms with E-state index in [0.29, 0.717) is 25.1 Å². The first-order valence-electron chi connectivity index (χ1n) is 8.79. The first-order chi connectivity index (χ1) is 13.0. The quantitative estimate of drug-likeness (QED) is 0.608. The lowest BCUT2D eigenvalue weighted by Gasteiger charge is -2.17. The molecule has 2 amide bonds. The number of anilines is 1. The lowest BCUT2D eigenvalue weighted by molar-refractivity contribution is -0.134. The summed E-state index contributed by atoms with van der Waals surface area (Å²) in [6.07, 6.45) is 0.970. The molecule has 0 bridgehead atoms. The summed E-state index contributed by atoms with van der Waals surface area (Å²) in [7, 11) is 1.28. The summed E-state index contributed by atoms with van der Waals surface area (Å²) in [4.78, 5) is 37.3. The van der Waals surface area contributed by atoms with E-state index in [9.17, 15) is 14.4 Å². The van der Waals surface area contributed by atoms with Gasteiger partial charge in [0.15, 0.2) is 0 Å². The smallest absolute Gasteiger partial charge is 0.339 e. The van der Waals surface area contributed by atoms with E-state index in [-0.39, 0.29) is 11.5 Å². The fourth-order valence-corrected chi connectivity index (χ4v) is 2.96. The highest BCUT2D eigenvalue weighted by Crippen LogP contribution is 2.47. The molecule has 0 heterocycles. The second-order valence-corrected chi connectivity index (χ2v) is 6.68. The van der Waals surface area contributed by atoms with Crippen LogP contribution in [0.25, 0.3) is 0 Å². The predicted octanol–water partition coefficient (Wildman–Crippen LogP) is 2.82. The van der Waals surface area contributed by atoms with E-state index in [4.69, 9.17) is 4.74 Å². The van der Waals surface area contributed by atoms with Gasteiger partial charge in [0.1, 0.15) is 5.41 Å². The van der Waals surface area contributed by atoms with Crippen LogP contribution in [0.15, 0.2) is 48.5 Å². The minimum absolute atomic E-state index is 0.254. The number of methoxy groups -OCH3 is 1. The van der Waals surface area contributed by atoms with Gasteiger partial charge in [-0.3, -0.25) is 9.59 Å². The maximum absolute atomic E-state index is 12.8. The molecule has 0 atom stereocenters. The van der Waals surface area contributed by atoms with Crippen LogP contribution in [0.1, 0.15) is 34.3 Å². The maximum atomic E-state index is 12.8. The van der Waals surface area contributed by atoms with Crippen molar-refractivity contribution in [1.82, 2.24) is 5.32 Å². The molecule has 2 aromatic carbocycles. The van der Waals surface area contributed by atoms with Crippen molar-refractivity contribution in [3.63, 3.8) is 0 Å². The van der Waals surface area contributed by atoms with Crippen LogP contribution < -0.4 is 10.6 Å². The summed E-state index contributed by atoms with van der Waals surface area (Å²) in [5.41, 5.74) is 1.61. The molecule has 140 valence electrons. The van der Waals surface area contributed by atoms with Gasteiger partial charge in [-0.1, -0.05) is 36.4 Å². The molecule has 6 heteroatoms. The van der Waals surface area contributed by atoms with Gasteiger partial charge >= 0.3 is 5.97 Å². The molecule has 0 saturated heterocycles. The number of benzene rings is 2. The summed E-state index contributed by atoms with van der Waals surface area (Å²) in [5.74, 6) is -1.24. The van der Waals surface area contributed by atoms with Crippen LogP contribution in [0.3, 0.4) is 0 Å². The monoisotopic (exact) mass is 366 g/mol. The van der Waals surface area contributed by atoms with Crippen LogP contribution in [0.4, 0.5) is 5.69 Å². The molecule has 1 saturated carbocycles. The Morgan fingerprint density at radius 3 is 2.33 bits per heavy atom. The Balaban J connectivity index is 1.69. The summed E-state index contributed by atoms with van der Waals surface area (Å²) in [5, 5.41) is 5.58. The van der Waals surface area contributed by atoms with Crippen LogP contribution in [0, 0.1) is 12.3 Å². The van der Waals surface area contributed by atoms with Crippen molar-refractivity contribution in [1.29, 1.82) is 0 Å². The third kappa shape index (κ3) is 3.84. The van der Waals surface area contributed by atoms with E-state index < -0.39 is 17.3 Å². The highest BCUT2D eigenvalue weighted by molar-refractivity contribution is 6.14. The van der Waals surface area contributed by atoms with Gasteiger partial charge in [0.05, 0.1) is 18.4 Å². The van der Waals surface area contributed by atoms with E-state index in [1.165, 1.54) is 7.11 Å². The second kappa shape index (κ2) is 7.61. The molecule has 1 fully saturated rings. The van der Waals surface area contributed by atoms with E-state index in [1.807, 2.05) is 31.2 Å². The van der Waals surface area contributed by atoms with Gasteiger partial charge in [-0.05, 0) is 43.0 Å². The maximum Gasteiger partial charge on any atom is 0.339 e. The molecule has 6 nitrogen and oxygen atoms in total. The molecule has 1 aliphatic rings. The number of para-hydroxylation sites is 1. The van der Waals surface area contributed by atoms with Crippen LogP contribution >= 0.6 is 0 Å². The van der Waals surface area contributed by atoms with Crippen molar-refractivity contribution in [3.8, 4) is 0 Å². The van der Waals surface area contributed by atoms with Crippen molar-refractivity contribution in [2.24, 2.45) is 5.41 Å². The number of hydrogen-bond acceptors (Lipinski definition) is 4. The molecule has 2 N–H and O–H groups in total. The molecule has 0 aliphatic heterocycles. The molecule has 0 radical (unpaired) electrons. The number of amides is 2. The number of carbonyl (C=O) groups is 3. The van der Waals surface area contributed by atoms with E-state index in [0.717, 1.165) is 11.1 Å². The number of nitrogens with one attached hydrogen (secondary N) is 2. The van der Waals surface area contributed by atoms with Crippen molar-refractivity contribution in [3.05, 3.63) is 65.2 Å². The Kier molecular flexibility index (Phi) is 5.26. The standard InChI is InChI=1S/C21H22N2O4/c1-14-7-3-4-8-15(14)13-22-19(25)21(11-12-21)20(26)23-17-10-6-5-9-16(17)18(24)27-2/h3-10H,11-13H2,1-2H3,(H,22,25)(H,23,26). The molecule has 3 rings (SSSR count). The fourth-order valence-electron chi connectivity index (χ4n) is 2.96. The third-order valence-corrected chi connectivity index (χ3v) is 4.90. The molecular weight excluding hydrogens is 344 g/mol. The number of hydrogen-bond donors (Lipinski definition) is 2. The number of rotatable bonds is 6. The second-order valence-electron chi connectivity index (χ2n) is 6.68. The van der Waals surface area contributed by atoms with Crippen LogP contribution in [0.5, 0.6) is 0 Å². The summed E-state index contributed by atoms with van der Waals surface area (Å²) in [6.45, 7) is 2.35. The van der Waals surface area contributed by atoms with Crippen LogP contribution in [0.2, 0.25) is 0 Å². The summed E-state index contributed by atoms with van der Waals surface area (Å²) < 4.78 is 4.74. The molecule has 0 aromatic heterocycles. The van der Waals surface area contributed by atoms with Gasteiger partial charge in [0.2, 0.25) is 11.8 Å². The Morgan fingerprint density at radius 2 is 1.67 bits per heavy atom. The predicted molar refractivity (Wildman–Crippen MR) is 101 cm³/mol. The molecular formula is C21H22N2O4. The van der Waals surface area contributed by atoms with E-state index >= 15 is 0 Å². The van der Waals surface area contributed by atoms with Crippen molar-refractivity contribution >= 4 is 23.5 Å². The summed E-state index contributed by atoms with van der Waals surface area (Å²) in [6, 6.07) is 14.4. The number of esters is 1. The fraction of sp³-hybridized carbons (Fsp3) is 0.286. The molecule has 27 heavy (non-hydrogen) atoms. The van der Waals surface area contributed by atoms with E-state index in [1.54, 1.807) is 24.3 Å². The first kappa shape index (κ1) is 18.6. The van der Waals surface area contributed by atoms with Crippen LogP contribution in [-0.4, -0.2) is 24.9 Å². The Labute approximate surface area is 157 Å². The molecule has 0 unspecified atom stereocenters. The Hall–Kier alpha value is -3.15. The van der Waals surface area contributed by atoms with Crippen LogP contribution in [-0.2, 0) is 20.9 Å². The largest absolute Gasteiger partial charge is 0.465 e. The van der Waals surface area contributed by atoms with Crippen molar-refractivity contribution < 1.29 is 19.1 Å². The Bertz CT molecular complexity index is 887. The molecule has 2 aromatic rings. The van der Waals surface area contributed by atoms with Gasteiger partial charge in [-0.2, -0.15) is 0 Å². The van der Waals surface area contributed by atoms with Crippen molar-refractivity contribution in [2.75, 3.05) is 12.4 Å². The van der Waals surface area contributed by atoms with Crippen molar-refractivity contribution in [2.45, 2.75) is 26.3 Å². The number of aryl methyl sites for hydroxylation is 1. The highest BCUT2D eigenvalue weighted by Gasteiger charge is 2.56. The first-order valence-corrected chi connectivity index (χ1v) is 8.79. The zero-order valence-electron chi connectivity index (χ0n) is 15.4. The van der Waals surface area contributed by atoms with Gasteiger partial charge in [-0.25, -0.2) is 4.79 Å². The molecule has 1 aliphatic carbocycles. The van der Waals surface area contributed by atoms with Gasteiger partial charge in [0, 0.05) is 6.54 Å². The molecule has 0 spiro atoms. The lowest BCUT2D eigenvalue weighted by Crippen LogP contribution is -2.40. The highest BCUT2D eigenvalue weighted by atomic mass is 16.5. The zero-order valence-corrected chi connectivity index (χ0v) is 15.4. The van der Waals surface area contributed by atoms with E-state index in [2.05, 4.69) is 10.6 Å². The number of ether oxygens (including phenoxy) is 1. The third-order valence-electron chi connectivity index (χ3n) is 4.90. The average Bonchev–Trinajstić information content (AvgIpc) is 3.49.